The molecule has 1 amide bonds. The van der Waals surface area contributed by atoms with Crippen molar-refractivity contribution in [1.82, 2.24) is 5.01 Å². The predicted molar refractivity (Wildman–Crippen MR) is 177 cm³/mol. The van der Waals surface area contributed by atoms with Crippen LogP contribution >= 0.6 is 35.0 Å². The molecule has 0 aromatic heterocycles. The van der Waals surface area contributed by atoms with Gasteiger partial charge in [-0.3, -0.25) is 10.2 Å². The summed E-state index contributed by atoms with van der Waals surface area (Å²) in [5, 5.41) is 16.2. The molecule has 6 rings (SSSR count). The van der Waals surface area contributed by atoms with Crippen LogP contribution in [0.5, 0.6) is 17.2 Å². The van der Waals surface area contributed by atoms with Crippen molar-refractivity contribution >= 4 is 63.0 Å². The number of ether oxygens (including phenoxy) is 3. The van der Waals surface area contributed by atoms with Crippen LogP contribution < -0.4 is 14.2 Å². The summed E-state index contributed by atoms with van der Waals surface area (Å²) < 4.78 is 17.4. The van der Waals surface area contributed by atoms with Gasteiger partial charge in [0.2, 0.25) is 5.17 Å². The molecule has 8 nitrogen and oxygen atoms in total. The lowest BCUT2D eigenvalue weighted by Crippen LogP contribution is -2.35. The maximum Gasteiger partial charge on any atom is 0.283 e. The van der Waals surface area contributed by atoms with Crippen LogP contribution in [0.4, 0.5) is 0 Å². The lowest BCUT2D eigenvalue weighted by Gasteiger charge is -2.22. The van der Waals surface area contributed by atoms with Crippen molar-refractivity contribution < 1.29 is 19.0 Å². The quantitative estimate of drug-likeness (QED) is 0.186. The van der Waals surface area contributed by atoms with E-state index >= 15 is 0 Å². The number of hydrazone groups is 1. The molecule has 226 valence electrons. The first-order valence-electron chi connectivity index (χ1n) is 14.4. The highest BCUT2D eigenvalue weighted by Crippen LogP contribution is 2.38. The first-order valence-corrected chi connectivity index (χ1v) is 16.0. The molecule has 3 aliphatic rings. The Hall–Kier alpha value is -3.79. The van der Waals surface area contributed by atoms with Gasteiger partial charge in [0.15, 0.2) is 17.3 Å². The van der Waals surface area contributed by atoms with Gasteiger partial charge in [0.25, 0.3) is 5.91 Å². The molecule has 0 atom stereocenters. The summed E-state index contributed by atoms with van der Waals surface area (Å²) in [4.78, 5) is 17.1. The number of benzene rings is 3. The summed E-state index contributed by atoms with van der Waals surface area (Å²) >= 11 is 14.1. The topological polar surface area (TPSA) is 96.6 Å². The highest BCUT2D eigenvalue weighted by atomic mass is 35.5. The van der Waals surface area contributed by atoms with E-state index in [1.165, 1.54) is 67.6 Å². The van der Waals surface area contributed by atoms with Gasteiger partial charge in [-0.2, -0.15) is 15.1 Å². The van der Waals surface area contributed by atoms with E-state index in [4.69, 9.17) is 42.8 Å². The number of hydrogen-bond acceptors (Lipinski definition) is 7. The molecule has 0 saturated heterocycles. The van der Waals surface area contributed by atoms with Crippen LogP contribution in [0, 0.1) is 5.41 Å². The van der Waals surface area contributed by atoms with Gasteiger partial charge in [0.1, 0.15) is 24.0 Å². The van der Waals surface area contributed by atoms with Crippen molar-refractivity contribution in [2.45, 2.75) is 38.0 Å². The molecule has 1 fully saturated rings. The van der Waals surface area contributed by atoms with E-state index in [9.17, 15) is 4.79 Å². The maximum atomic E-state index is 12.9. The number of nitrogens with one attached hydrogen (secondary N) is 1. The van der Waals surface area contributed by atoms with Gasteiger partial charge >= 0.3 is 0 Å². The third-order valence-corrected chi connectivity index (χ3v) is 9.23. The smallest absolute Gasteiger partial charge is 0.283 e. The largest absolute Gasteiger partial charge is 0.493 e. The Morgan fingerprint density at radius 3 is 2.50 bits per heavy atom. The number of fused-ring (bicyclic) bond motifs is 1. The fraction of sp³-hybridized carbons (Fsp3) is 0.273. The molecule has 1 aliphatic carbocycles. The van der Waals surface area contributed by atoms with E-state index in [0.29, 0.717) is 55.4 Å². The number of methoxy groups -OCH3 is 1. The monoisotopic (exact) mass is 648 g/mol. The van der Waals surface area contributed by atoms with Crippen molar-refractivity contribution in [3.05, 3.63) is 93.0 Å². The molecular formula is C33H30Cl2N4O4S. The third-order valence-electron chi connectivity index (χ3n) is 7.68. The Bertz CT molecular complexity index is 1680. The van der Waals surface area contributed by atoms with Crippen LogP contribution in [-0.4, -0.2) is 47.3 Å². The number of amidine groups is 2. The van der Waals surface area contributed by atoms with Crippen molar-refractivity contribution in [2.75, 3.05) is 20.3 Å². The Balaban J connectivity index is 1.11. The molecular weight excluding hydrogens is 619 g/mol. The van der Waals surface area contributed by atoms with Crippen molar-refractivity contribution in [3.63, 3.8) is 0 Å². The lowest BCUT2D eigenvalue weighted by molar-refractivity contribution is -0.114. The summed E-state index contributed by atoms with van der Waals surface area (Å²) in [6.45, 7) is 0.574. The van der Waals surface area contributed by atoms with Crippen LogP contribution in [0.1, 0.15) is 54.7 Å². The second-order valence-electron chi connectivity index (χ2n) is 10.5. The predicted octanol–water partition coefficient (Wildman–Crippen LogP) is 8.17. The number of aliphatic imine (C=N–C) groups is 1. The summed E-state index contributed by atoms with van der Waals surface area (Å²) in [5.74, 6) is 1.54. The number of carbonyl (C=O) groups excluding carboxylic acids is 1. The van der Waals surface area contributed by atoms with Gasteiger partial charge in [-0.1, -0.05) is 72.8 Å². The molecule has 0 spiro atoms. The Morgan fingerprint density at radius 2 is 1.75 bits per heavy atom. The van der Waals surface area contributed by atoms with Crippen LogP contribution in [-0.2, 0) is 4.79 Å². The minimum absolute atomic E-state index is 0.0632. The molecule has 1 N–H and O–H groups in total. The molecule has 1 saturated carbocycles. The van der Waals surface area contributed by atoms with Gasteiger partial charge in [-0.05, 0) is 78.1 Å². The summed E-state index contributed by atoms with van der Waals surface area (Å²) in [6.07, 6.45) is 8.02. The second-order valence-corrected chi connectivity index (χ2v) is 12.3. The zero-order chi connectivity index (χ0) is 30.6. The molecule has 3 aromatic rings. The van der Waals surface area contributed by atoms with Gasteiger partial charge < -0.3 is 14.2 Å². The molecule has 3 aromatic carbocycles. The number of carbonyl (C=O) groups is 1. The summed E-state index contributed by atoms with van der Waals surface area (Å²) in [7, 11) is 1.51. The number of nitrogens with zero attached hydrogens (tertiary/aromatic N) is 3. The number of halogens is 2. The van der Waals surface area contributed by atoms with Crippen LogP contribution in [0.3, 0.4) is 0 Å². The van der Waals surface area contributed by atoms with Crippen LogP contribution in [0.2, 0.25) is 10.0 Å². The molecule has 0 unspecified atom stereocenters. The second kappa shape index (κ2) is 13.5. The SMILES string of the molecule is COc1cc(/C=C2/C(=N)N3N=C(c4ccccc4Cl)SC3=NC2=O)cc(Cl)c1OCCOc1ccc(C2CCCCC2)cc1. The third kappa shape index (κ3) is 6.50. The molecule has 2 heterocycles. The lowest BCUT2D eigenvalue weighted by atomic mass is 9.84. The van der Waals surface area contributed by atoms with Gasteiger partial charge in [0, 0.05) is 5.56 Å². The minimum Gasteiger partial charge on any atom is -0.493 e. The van der Waals surface area contributed by atoms with Gasteiger partial charge in [-0.15, -0.1) is 0 Å². The fourth-order valence-electron chi connectivity index (χ4n) is 5.44. The summed E-state index contributed by atoms with van der Waals surface area (Å²) in [6, 6.07) is 18.9. The highest BCUT2D eigenvalue weighted by Gasteiger charge is 2.36. The van der Waals surface area contributed by atoms with Crippen molar-refractivity contribution in [2.24, 2.45) is 10.1 Å². The van der Waals surface area contributed by atoms with E-state index in [1.54, 1.807) is 18.2 Å². The fourth-order valence-corrected chi connectivity index (χ4v) is 6.93. The average molecular weight is 650 g/mol. The average Bonchev–Trinajstić information content (AvgIpc) is 3.46. The molecule has 0 radical (unpaired) electrons. The Kier molecular flexibility index (Phi) is 9.25. The van der Waals surface area contributed by atoms with Crippen molar-refractivity contribution in [1.29, 1.82) is 5.41 Å². The zero-order valence-corrected chi connectivity index (χ0v) is 26.3. The van der Waals surface area contributed by atoms with Crippen molar-refractivity contribution in [3.8, 4) is 17.2 Å². The molecule has 0 bridgehead atoms. The van der Waals surface area contributed by atoms with Crippen LogP contribution in [0.25, 0.3) is 6.08 Å². The van der Waals surface area contributed by atoms with Crippen LogP contribution in [0.15, 0.2) is 76.3 Å². The molecule has 2 aliphatic heterocycles. The Morgan fingerprint density at radius 1 is 1.00 bits per heavy atom. The minimum atomic E-state index is -0.552. The standard InChI is InChI=1S/C33H30Cl2N4O4S/c1-41-28-19-20(17-25-30(36)39-33(37-31(25)40)44-32(38-39)24-9-5-6-10-26(24)34)18-27(35)29(28)43-16-15-42-23-13-11-22(12-14-23)21-7-3-2-4-8-21/h5-6,9-14,17-19,21,36H,2-4,7-8,15-16H2,1H3/b25-17-,36-30?. The Labute approximate surface area is 270 Å². The number of rotatable bonds is 9. The first-order chi connectivity index (χ1) is 21.4. The van der Waals surface area contributed by atoms with E-state index in [0.717, 1.165) is 5.75 Å². The van der Waals surface area contributed by atoms with E-state index in [2.05, 4.69) is 22.2 Å². The molecule has 44 heavy (non-hydrogen) atoms. The first kappa shape index (κ1) is 30.2. The molecule has 11 heteroatoms. The highest BCUT2D eigenvalue weighted by molar-refractivity contribution is 8.27. The van der Waals surface area contributed by atoms with E-state index in [-0.39, 0.29) is 18.0 Å². The number of amides is 1. The normalized spacial score (nSPS) is 17.8. The van der Waals surface area contributed by atoms with Gasteiger partial charge in [0.05, 0.1) is 22.7 Å². The van der Waals surface area contributed by atoms with Gasteiger partial charge in [-0.25, -0.2) is 0 Å². The zero-order valence-electron chi connectivity index (χ0n) is 24.0. The van der Waals surface area contributed by atoms with E-state index in [1.807, 2.05) is 30.3 Å². The summed E-state index contributed by atoms with van der Waals surface area (Å²) in [5.41, 5.74) is 2.69. The number of thioether (sulfide) groups is 1. The van der Waals surface area contributed by atoms with E-state index < -0.39 is 5.91 Å². The number of hydrogen-bond donors (Lipinski definition) is 1. The maximum absolute atomic E-state index is 12.9.